The van der Waals surface area contributed by atoms with Gasteiger partial charge in [0.25, 0.3) is 10.0 Å². The summed E-state index contributed by atoms with van der Waals surface area (Å²) in [4.78, 5) is 18.1. The Morgan fingerprint density at radius 3 is 2.59 bits per heavy atom. The molecule has 0 radical (unpaired) electrons. The van der Waals surface area contributed by atoms with Crippen molar-refractivity contribution in [1.29, 1.82) is 0 Å². The van der Waals surface area contributed by atoms with Crippen molar-refractivity contribution < 1.29 is 8.42 Å². The second-order valence-corrected chi connectivity index (χ2v) is 13.8. The molecule has 1 atom stereocenters. The summed E-state index contributed by atoms with van der Waals surface area (Å²) >= 11 is 0. The van der Waals surface area contributed by atoms with E-state index in [1.807, 2.05) is 25.4 Å². The molecule has 3 N–H and O–H groups in total. The number of nitrogens with one attached hydrogen (secondary N) is 1. The SMILES string of the molecule is CN(C)CC(N)C1CCN(c2cc(Nc3ccnc(-c4cnn(S(=O)(=O)C5CC5)c4)n3)ncc2C#Cc2ccn(C)n2)CC1. The molecule has 1 unspecified atom stereocenters. The van der Waals surface area contributed by atoms with Crippen LogP contribution in [-0.4, -0.2) is 92.3 Å². The Kier molecular flexibility index (Phi) is 8.35. The van der Waals surface area contributed by atoms with Gasteiger partial charge in [-0.25, -0.2) is 23.4 Å². The van der Waals surface area contributed by atoms with Crippen molar-refractivity contribution in [3.8, 4) is 23.2 Å². The van der Waals surface area contributed by atoms with E-state index in [9.17, 15) is 8.42 Å². The number of pyridine rings is 1. The molecule has 1 saturated carbocycles. The molecule has 4 aromatic heterocycles. The van der Waals surface area contributed by atoms with E-state index in [1.54, 1.807) is 23.1 Å². The second kappa shape index (κ2) is 12.4. The fourth-order valence-corrected chi connectivity index (χ4v) is 6.88. The highest BCUT2D eigenvalue weighted by Crippen LogP contribution is 2.31. The molecule has 5 heterocycles. The third kappa shape index (κ3) is 6.75. The number of hydrogen-bond donors (Lipinski definition) is 2. The lowest BCUT2D eigenvalue weighted by Gasteiger charge is -2.37. The lowest BCUT2D eigenvalue weighted by atomic mass is 9.89. The summed E-state index contributed by atoms with van der Waals surface area (Å²) in [6.45, 7) is 2.59. The molecule has 0 amide bonds. The Hall–Kier alpha value is -4.32. The van der Waals surface area contributed by atoms with Crippen molar-refractivity contribution >= 4 is 27.3 Å². The van der Waals surface area contributed by atoms with Gasteiger partial charge in [-0.1, -0.05) is 5.92 Å². The third-order valence-electron chi connectivity index (χ3n) is 7.92. The van der Waals surface area contributed by atoms with Crippen LogP contribution in [0.1, 0.15) is 36.9 Å². The number of anilines is 3. The van der Waals surface area contributed by atoms with Crippen LogP contribution >= 0.6 is 0 Å². The summed E-state index contributed by atoms with van der Waals surface area (Å²) in [5.41, 5.74) is 9.52. The van der Waals surface area contributed by atoms with Crippen molar-refractivity contribution in [1.82, 2.24) is 38.8 Å². The van der Waals surface area contributed by atoms with Crippen LogP contribution in [-0.2, 0) is 17.1 Å². The molecule has 230 valence electrons. The lowest BCUT2D eigenvalue weighted by molar-refractivity contribution is 0.274. The van der Waals surface area contributed by atoms with E-state index in [2.05, 4.69) is 66.2 Å². The van der Waals surface area contributed by atoms with Gasteiger partial charge >= 0.3 is 0 Å². The number of aryl methyl sites for hydroxylation is 1. The van der Waals surface area contributed by atoms with Crippen LogP contribution in [0, 0.1) is 17.8 Å². The van der Waals surface area contributed by atoms with Gasteiger partial charge in [0.1, 0.15) is 17.3 Å². The highest BCUT2D eigenvalue weighted by molar-refractivity contribution is 7.90. The molecule has 4 aromatic rings. The average molecular weight is 616 g/mol. The highest BCUT2D eigenvalue weighted by Gasteiger charge is 2.37. The smallest absolute Gasteiger partial charge is 0.256 e. The number of likely N-dealkylation sites (N-methyl/N-ethyl adjacent to an activating group) is 1. The fraction of sp³-hybridized carbons (Fsp3) is 0.433. The summed E-state index contributed by atoms with van der Waals surface area (Å²) in [7, 11) is 2.50. The van der Waals surface area contributed by atoms with Crippen LogP contribution in [0.15, 0.2) is 49.2 Å². The van der Waals surface area contributed by atoms with Crippen LogP contribution in [0.4, 0.5) is 17.3 Å². The third-order valence-corrected chi connectivity index (χ3v) is 9.95. The summed E-state index contributed by atoms with van der Waals surface area (Å²) in [5, 5.41) is 11.4. The zero-order valence-electron chi connectivity index (χ0n) is 25.1. The van der Waals surface area contributed by atoms with Gasteiger partial charge in [0.2, 0.25) is 0 Å². The van der Waals surface area contributed by atoms with E-state index in [0.29, 0.717) is 47.5 Å². The van der Waals surface area contributed by atoms with Crippen LogP contribution in [0.2, 0.25) is 0 Å². The molecule has 14 heteroatoms. The molecule has 44 heavy (non-hydrogen) atoms. The molecule has 0 bridgehead atoms. The predicted octanol–water partition coefficient (Wildman–Crippen LogP) is 2.06. The molecule has 1 aliphatic carbocycles. The maximum absolute atomic E-state index is 12.6. The first-order chi connectivity index (χ1) is 21.2. The maximum atomic E-state index is 12.6. The first kappa shape index (κ1) is 29.7. The van der Waals surface area contributed by atoms with Crippen LogP contribution < -0.4 is 16.0 Å². The average Bonchev–Trinajstić information content (AvgIpc) is 3.61. The Morgan fingerprint density at radius 2 is 1.89 bits per heavy atom. The number of aromatic nitrogens is 7. The number of nitrogens with two attached hydrogens (primary N) is 1. The topological polar surface area (TPSA) is 153 Å². The fourth-order valence-electron chi connectivity index (χ4n) is 5.40. The minimum absolute atomic E-state index is 0.137. The summed E-state index contributed by atoms with van der Waals surface area (Å²) in [5.74, 6) is 8.38. The lowest BCUT2D eigenvalue weighted by Crippen LogP contribution is -2.45. The minimum atomic E-state index is -3.47. The number of piperidine rings is 1. The van der Waals surface area contributed by atoms with Gasteiger partial charge in [0.15, 0.2) is 5.82 Å². The predicted molar refractivity (Wildman–Crippen MR) is 169 cm³/mol. The highest BCUT2D eigenvalue weighted by atomic mass is 32.2. The first-order valence-electron chi connectivity index (χ1n) is 14.7. The summed E-state index contributed by atoms with van der Waals surface area (Å²) < 4.78 is 27.9. The van der Waals surface area contributed by atoms with Crippen molar-refractivity contribution in [3.05, 3.63) is 60.4 Å². The van der Waals surface area contributed by atoms with Gasteiger partial charge in [-0.2, -0.15) is 14.3 Å². The Morgan fingerprint density at radius 1 is 1.09 bits per heavy atom. The monoisotopic (exact) mass is 615 g/mol. The molecular formula is C30H37N11O2S. The zero-order chi connectivity index (χ0) is 30.8. The van der Waals surface area contributed by atoms with Crippen molar-refractivity contribution in [3.63, 3.8) is 0 Å². The van der Waals surface area contributed by atoms with Gasteiger partial charge in [-0.05, 0) is 63.7 Å². The second-order valence-electron chi connectivity index (χ2n) is 11.7. The summed E-state index contributed by atoms with van der Waals surface area (Å²) in [6, 6.07) is 5.75. The van der Waals surface area contributed by atoms with Crippen molar-refractivity contribution in [2.75, 3.05) is 43.9 Å². The molecule has 0 spiro atoms. The van der Waals surface area contributed by atoms with Gasteiger partial charge in [0, 0.05) is 57.4 Å². The van der Waals surface area contributed by atoms with Crippen LogP contribution in [0.25, 0.3) is 11.4 Å². The van der Waals surface area contributed by atoms with Crippen molar-refractivity contribution in [2.45, 2.75) is 37.0 Å². The van der Waals surface area contributed by atoms with E-state index < -0.39 is 10.0 Å². The van der Waals surface area contributed by atoms with Gasteiger partial charge in [-0.3, -0.25) is 4.68 Å². The zero-order valence-corrected chi connectivity index (χ0v) is 25.9. The Balaban J connectivity index is 1.24. The summed E-state index contributed by atoms with van der Waals surface area (Å²) in [6.07, 6.45) is 11.5. The molecule has 0 aromatic carbocycles. The standard InChI is InChI=1S/C30H37N11O2S/c1-38(2)20-26(31)21-9-14-40(15-10-21)27-16-29(33-17-22(27)4-5-24-11-13-39(3)37-24)35-28-8-12-32-30(36-28)23-18-34-41(19-23)44(42,43)25-6-7-25/h8,11-13,16-19,21,25-26H,6-7,9-10,14-15,20,31H2,1-3H3,(H,32,33,35,36). The van der Waals surface area contributed by atoms with E-state index in [-0.39, 0.29) is 11.3 Å². The van der Waals surface area contributed by atoms with E-state index in [1.165, 1.54) is 12.4 Å². The van der Waals surface area contributed by atoms with Gasteiger partial charge < -0.3 is 20.9 Å². The van der Waals surface area contributed by atoms with Crippen molar-refractivity contribution in [2.24, 2.45) is 18.7 Å². The molecule has 1 aliphatic heterocycles. The van der Waals surface area contributed by atoms with Crippen LogP contribution in [0.3, 0.4) is 0 Å². The normalized spacial score (nSPS) is 16.5. The quantitative estimate of drug-likeness (QED) is 0.266. The largest absolute Gasteiger partial charge is 0.370 e. The van der Waals surface area contributed by atoms with E-state index in [4.69, 9.17) is 5.73 Å². The molecule has 2 aliphatic rings. The maximum Gasteiger partial charge on any atom is 0.256 e. The van der Waals surface area contributed by atoms with E-state index >= 15 is 0 Å². The minimum Gasteiger partial charge on any atom is -0.370 e. The van der Waals surface area contributed by atoms with Gasteiger partial charge in [0.05, 0.1) is 34.5 Å². The first-order valence-corrected chi connectivity index (χ1v) is 16.2. The van der Waals surface area contributed by atoms with Crippen LogP contribution in [0.5, 0.6) is 0 Å². The number of nitrogens with zero attached hydrogens (tertiary/aromatic N) is 9. The molecular weight excluding hydrogens is 578 g/mol. The van der Waals surface area contributed by atoms with E-state index in [0.717, 1.165) is 47.8 Å². The Bertz CT molecular complexity index is 1790. The number of rotatable bonds is 9. The Labute approximate surface area is 257 Å². The molecule has 2 fully saturated rings. The molecule has 13 nitrogen and oxygen atoms in total. The van der Waals surface area contributed by atoms with Gasteiger partial charge in [-0.15, -0.1) is 0 Å². The molecule has 1 saturated heterocycles. The number of hydrogen-bond acceptors (Lipinski definition) is 11. The molecule has 6 rings (SSSR count).